The maximum atomic E-state index is 13.9. The average molecular weight is 336 g/mol. The van der Waals surface area contributed by atoms with Gasteiger partial charge in [0.1, 0.15) is 5.82 Å². The Morgan fingerprint density at radius 3 is 2.67 bits per heavy atom. The summed E-state index contributed by atoms with van der Waals surface area (Å²) < 4.78 is 38.2. The summed E-state index contributed by atoms with van der Waals surface area (Å²) in [5.74, 6) is -0.376. The van der Waals surface area contributed by atoms with Crippen LogP contribution < -0.4 is 5.32 Å². The molecule has 0 bridgehead atoms. The van der Waals surface area contributed by atoms with E-state index < -0.39 is 27.2 Å². The highest BCUT2D eigenvalue weighted by Crippen LogP contribution is 2.28. The summed E-state index contributed by atoms with van der Waals surface area (Å²) in [6.45, 7) is 3.63. The van der Waals surface area contributed by atoms with Gasteiger partial charge in [0, 0.05) is 21.6 Å². The second-order valence-electron chi connectivity index (χ2n) is 5.30. The van der Waals surface area contributed by atoms with Crippen LogP contribution in [-0.4, -0.2) is 25.5 Å². The minimum atomic E-state index is -3.16. The lowest BCUT2D eigenvalue weighted by molar-refractivity contribution is 0.354. The van der Waals surface area contributed by atoms with Gasteiger partial charge in [0.15, 0.2) is 9.84 Å². The first-order valence-electron chi connectivity index (χ1n) is 5.62. The van der Waals surface area contributed by atoms with Crippen LogP contribution in [0.15, 0.2) is 22.7 Å². The van der Waals surface area contributed by atoms with Crippen LogP contribution in [0.2, 0.25) is 0 Å². The molecular weight excluding hydrogens is 321 g/mol. The second-order valence-corrected chi connectivity index (χ2v) is 8.33. The van der Waals surface area contributed by atoms with Crippen molar-refractivity contribution < 1.29 is 12.8 Å². The van der Waals surface area contributed by atoms with Crippen LogP contribution in [0.3, 0.4) is 0 Å². The Balaban J connectivity index is 2.38. The van der Waals surface area contributed by atoms with E-state index in [0.29, 0.717) is 10.0 Å². The molecule has 1 atom stereocenters. The Bertz CT molecular complexity index is 571. The lowest BCUT2D eigenvalue weighted by atomic mass is 10.0. The molecule has 0 amide bonds. The third-order valence-corrected chi connectivity index (χ3v) is 5.40. The van der Waals surface area contributed by atoms with Gasteiger partial charge in [-0.05, 0) is 26.0 Å². The van der Waals surface area contributed by atoms with E-state index in [0.717, 1.165) is 0 Å². The molecule has 1 N–H and O–H groups in total. The molecule has 2 rings (SSSR count). The Morgan fingerprint density at radius 2 is 2.11 bits per heavy atom. The first kappa shape index (κ1) is 14.0. The van der Waals surface area contributed by atoms with Crippen molar-refractivity contribution in [2.75, 3.05) is 11.5 Å². The number of sulfone groups is 1. The summed E-state index contributed by atoms with van der Waals surface area (Å²) in [4.78, 5) is 0. The zero-order valence-corrected chi connectivity index (χ0v) is 12.6. The summed E-state index contributed by atoms with van der Waals surface area (Å²) in [5.41, 5.74) is -0.143. The molecule has 1 aromatic rings. The minimum Gasteiger partial charge on any atom is -0.303 e. The zero-order valence-electron chi connectivity index (χ0n) is 10.2. The fraction of sp³-hybridized carbons (Fsp3) is 0.500. The third kappa shape index (κ3) is 3.10. The van der Waals surface area contributed by atoms with Crippen molar-refractivity contribution in [3.8, 4) is 0 Å². The molecule has 0 spiro atoms. The average Bonchev–Trinajstić information content (AvgIpc) is 2.11. The highest BCUT2D eigenvalue weighted by molar-refractivity contribution is 9.10. The highest BCUT2D eigenvalue weighted by atomic mass is 79.9. The Kier molecular flexibility index (Phi) is 3.55. The molecule has 1 aliphatic heterocycles. The topological polar surface area (TPSA) is 46.2 Å². The van der Waals surface area contributed by atoms with Gasteiger partial charge in [0.2, 0.25) is 0 Å². The minimum absolute atomic E-state index is 0.0605. The van der Waals surface area contributed by atoms with Crippen LogP contribution in [0.1, 0.15) is 25.5 Å². The predicted octanol–water partition coefficient (Wildman–Crippen LogP) is 2.43. The maximum absolute atomic E-state index is 13.9. The molecule has 0 aliphatic carbocycles. The van der Waals surface area contributed by atoms with Crippen LogP contribution in [-0.2, 0) is 9.84 Å². The quantitative estimate of drug-likeness (QED) is 0.857. The molecule has 1 heterocycles. The molecule has 3 nitrogen and oxygen atoms in total. The molecule has 1 unspecified atom stereocenters. The summed E-state index contributed by atoms with van der Waals surface area (Å²) in [7, 11) is -3.16. The fourth-order valence-corrected chi connectivity index (χ4v) is 4.77. The van der Waals surface area contributed by atoms with E-state index in [1.807, 2.05) is 13.8 Å². The van der Waals surface area contributed by atoms with Gasteiger partial charge in [-0.2, -0.15) is 0 Å². The Labute approximate surface area is 115 Å². The van der Waals surface area contributed by atoms with Crippen molar-refractivity contribution in [3.05, 3.63) is 34.1 Å². The van der Waals surface area contributed by atoms with Crippen molar-refractivity contribution in [3.63, 3.8) is 0 Å². The second kappa shape index (κ2) is 4.58. The lowest BCUT2D eigenvalue weighted by Crippen LogP contribution is -2.54. The van der Waals surface area contributed by atoms with Crippen LogP contribution in [0.4, 0.5) is 4.39 Å². The van der Waals surface area contributed by atoms with Crippen molar-refractivity contribution in [1.82, 2.24) is 5.32 Å². The number of hydrogen-bond acceptors (Lipinski definition) is 3. The van der Waals surface area contributed by atoms with Gasteiger partial charge in [0.05, 0.1) is 11.5 Å². The number of hydrogen-bond donors (Lipinski definition) is 1. The van der Waals surface area contributed by atoms with E-state index in [-0.39, 0.29) is 11.5 Å². The fourth-order valence-electron chi connectivity index (χ4n) is 2.37. The highest BCUT2D eigenvalue weighted by Gasteiger charge is 2.37. The van der Waals surface area contributed by atoms with Gasteiger partial charge in [-0.25, -0.2) is 12.8 Å². The largest absolute Gasteiger partial charge is 0.303 e. The van der Waals surface area contributed by atoms with E-state index >= 15 is 0 Å². The summed E-state index contributed by atoms with van der Waals surface area (Å²) in [6.07, 6.45) is 0. The third-order valence-electron chi connectivity index (χ3n) is 2.90. The van der Waals surface area contributed by atoms with Crippen LogP contribution in [0.5, 0.6) is 0 Å². The molecule has 18 heavy (non-hydrogen) atoms. The van der Waals surface area contributed by atoms with Gasteiger partial charge < -0.3 is 5.32 Å². The molecule has 0 radical (unpaired) electrons. The van der Waals surface area contributed by atoms with Crippen molar-refractivity contribution >= 4 is 25.8 Å². The zero-order chi connectivity index (χ0) is 13.6. The molecule has 100 valence electrons. The monoisotopic (exact) mass is 335 g/mol. The van der Waals surface area contributed by atoms with Gasteiger partial charge in [-0.15, -0.1) is 0 Å². The van der Waals surface area contributed by atoms with Crippen molar-refractivity contribution in [2.45, 2.75) is 25.4 Å². The van der Waals surface area contributed by atoms with Gasteiger partial charge in [-0.3, -0.25) is 0 Å². The molecule has 0 saturated carbocycles. The molecule has 1 aromatic carbocycles. The van der Waals surface area contributed by atoms with Crippen LogP contribution >= 0.6 is 15.9 Å². The first-order valence-corrected chi connectivity index (χ1v) is 8.23. The molecule has 1 saturated heterocycles. The van der Waals surface area contributed by atoms with Gasteiger partial charge >= 0.3 is 0 Å². The molecule has 0 aromatic heterocycles. The van der Waals surface area contributed by atoms with Crippen molar-refractivity contribution in [2.24, 2.45) is 0 Å². The normalized spacial score (nSPS) is 25.9. The Morgan fingerprint density at radius 1 is 1.44 bits per heavy atom. The van der Waals surface area contributed by atoms with Crippen LogP contribution in [0, 0.1) is 5.82 Å². The number of halogens is 2. The first-order chi connectivity index (χ1) is 8.19. The summed E-state index contributed by atoms with van der Waals surface area (Å²) in [6, 6.07) is 4.19. The SMILES string of the molecule is CC1(C)CS(=O)(=O)CC(c2ccc(Br)cc2F)N1. The molecule has 6 heteroatoms. The van der Waals surface area contributed by atoms with Crippen LogP contribution in [0.25, 0.3) is 0 Å². The Hall–Kier alpha value is -0.460. The van der Waals surface area contributed by atoms with E-state index in [4.69, 9.17) is 0 Å². The van der Waals surface area contributed by atoms with E-state index in [1.165, 1.54) is 6.07 Å². The van der Waals surface area contributed by atoms with Gasteiger partial charge in [0.25, 0.3) is 0 Å². The molecule has 1 fully saturated rings. The number of nitrogens with one attached hydrogen (secondary N) is 1. The van der Waals surface area contributed by atoms with E-state index in [1.54, 1.807) is 12.1 Å². The van der Waals surface area contributed by atoms with E-state index in [9.17, 15) is 12.8 Å². The van der Waals surface area contributed by atoms with Gasteiger partial charge in [-0.1, -0.05) is 22.0 Å². The number of rotatable bonds is 1. The summed E-state index contributed by atoms with van der Waals surface area (Å²) in [5, 5.41) is 3.19. The molecule has 1 aliphatic rings. The maximum Gasteiger partial charge on any atom is 0.153 e. The number of benzene rings is 1. The summed E-state index contributed by atoms with van der Waals surface area (Å²) >= 11 is 3.19. The standard InChI is InChI=1S/C12H15BrFNO2S/c1-12(2)7-18(16,17)6-11(15-12)9-4-3-8(13)5-10(9)14/h3-5,11,15H,6-7H2,1-2H3. The predicted molar refractivity (Wildman–Crippen MR) is 72.7 cm³/mol. The lowest BCUT2D eigenvalue weighted by Gasteiger charge is -2.37. The van der Waals surface area contributed by atoms with E-state index in [2.05, 4.69) is 21.2 Å². The molecular formula is C12H15BrFNO2S. The van der Waals surface area contributed by atoms with Crippen molar-refractivity contribution in [1.29, 1.82) is 0 Å². The smallest absolute Gasteiger partial charge is 0.153 e.